The quantitative estimate of drug-likeness (QED) is 0.536. The van der Waals surface area contributed by atoms with E-state index in [9.17, 15) is 27.6 Å². The first kappa shape index (κ1) is 24.5. The van der Waals surface area contributed by atoms with E-state index >= 15 is 0 Å². The van der Waals surface area contributed by atoms with Gasteiger partial charge in [-0.2, -0.15) is 13.2 Å². The molecule has 0 fully saturated rings. The van der Waals surface area contributed by atoms with Gasteiger partial charge in [0.2, 0.25) is 5.91 Å². The molecule has 11 heteroatoms. The van der Waals surface area contributed by atoms with Crippen molar-refractivity contribution in [3.8, 4) is 0 Å². The highest BCUT2D eigenvalue weighted by Crippen LogP contribution is 2.33. The third-order valence-electron chi connectivity index (χ3n) is 3.94. The van der Waals surface area contributed by atoms with Crippen molar-refractivity contribution in [1.29, 1.82) is 0 Å². The molecule has 31 heavy (non-hydrogen) atoms. The molecular weight excluding hydrogens is 460 g/mol. The number of carbonyl (C=O) groups is 3. The molecule has 0 spiro atoms. The minimum absolute atomic E-state index is 0.111. The SMILES string of the molecule is Cc1ccc(NC(=O)CCC(=O)OCC(=O)Nc2cc(C(F)(F)F)ccc2Cl)cc1Cl. The summed E-state index contributed by atoms with van der Waals surface area (Å²) in [4.78, 5) is 35.5. The van der Waals surface area contributed by atoms with Gasteiger partial charge in [0.05, 0.1) is 22.7 Å². The van der Waals surface area contributed by atoms with Crippen LogP contribution in [0.4, 0.5) is 24.5 Å². The highest BCUT2D eigenvalue weighted by Gasteiger charge is 2.31. The molecule has 2 rings (SSSR count). The number of alkyl halides is 3. The van der Waals surface area contributed by atoms with E-state index in [-0.39, 0.29) is 23.6 Å². The second kappa shape index (κ2) is 10.5. The standard InChI is InChI=1S/C20H17Cl2F3N2O4/c1-11-2-4-13(9-15(11)22)26-17(28)6-7-19(30)31-10-18(29)27-16-8-12(20(23,24)25)3-5-14(16)21/h2-5,8-9H,6-7,10H2,1H3,(H,26,28)(H,27,29). The topological polar surface area (TPSA) is 84.5 Å². The molecule has 0 atom stereocenters. The molecule has 2 amide bonds. The first-order valence-electron chi connectivity index (χ1n) is 8.84. The Morgan fingerprint density at radius 3 is 2.29 bits per heavy atom. The summed E-state index contributed by atoms with van der Waals surface area (Å²) in [6.07, 6.45) is -5.12. The summed E-state index contributed by atoms with van der Waals surface area (Å²) in [7, 11) is 0. The van der Waals surface area contributed by atoms with E-state index in [1.54, 1.807) is 25.1 Å². The second-order valence-electron chi connectivity index (χ2n) is 6.41. The summed E-state index contributed by atoms with van der Waals surface area (Å²) in [5.41, 5.74) is 0.0398. The Kier molecular flexibility index (Phi) is 8.29. The van der Waals surface area contributed by atoms with E-state index in [1.165, 1.54) is 0 Å². The highest BCUT2D eigenvalue weighted by atomic mass is 35.5. The average Bonchev–Trinajstić information content (AvgIpc) is 2.68. The zero-order valence-electron chi connectivity index (χ0n) is 16.1. The summed E-state index contributed by atoms with van der Waals surface area (Å²) >= 11 is 11.7. The lowest BCUT2D eigenvalue weighted by atomic mass is 10.2. The van der Waals surface area contributed by atoms with Crippen molar-refractivity contribution >= 4 is 52.4 Å². The Morgan fingerprint density at radius 1 is 0.935 bits per heavy atom. The number of benzene rings is 2. The molecule has 0 aromatic heterocycles. The normalized spacial score (nSPS) is 11.0. The maximum atomic E-state index is 12.8. The average molecular weight is 477 g/mol. The molecule has 6 nitrogen and oxygen atoms in total. The molecule has 0 aliphatic carbocycles. The van der Waals surface area contributed by atoms with Crippen LogP contribution < -0.4 is 10.6 Å². The summed E-state index contributed by atoms with van der Waals surface area (Å²) in [5, 5.41) is 5.08. The fourth-order valence-corrected chi connectivity index (χ4v) is 2.66. The fraction of sp³-hybridized carbons (Fsp3) is 0.250. The van der Waals surface area contributed by atoms with E-state index in [0.717, 1.165) is 17.7 Å². The number of nitrogens with one attached hydrogen (secondary N) is 2. The van der Waals surface area contributed by atoms with Crippen molar-refractivity contribution in [2.45, 2.75) is 25.9 Å². The molecule has 0 unspecified atom stereocenters. The molecule has 2 aromatic rings. The van der Waals surface area contributed by atoms with Crippen LogP contribution in [0.1, 0.15) is 24.0 Å². The number of anilines is 2. The minimum atomic E-state index is -4.61. The zero-order chi connectivity index (χ0) is 23.2. The van der Waals surface area contributed by atoms with Crippen molar-refractivity contribution in [3.63, 3.8) is 0 Å². The van der Waals surface area contributed by atoms with Crippen molar-refractivity contribution in [3.05, 3.63) is 57.6 Å². The Morgan fingerprint density at radius 2 is 1.65 bits per heavy atom. The Balaban J connectivity index is 1.79. The maximum absolute atomic E-state index is 12.8. The molecule has 0 saturated carbocycles. The number of hydrogen-bond acceptors (Lipinski definition) is 4. The lowest BCUT2D eigenvalue weighted by Crippen LogP contribution is -2.22. The first-order valence-corrected chi connectivity index (χ1v) is 9.59. The van der Waals surface area contributed by atoms with Gasteiger partial charge in [-0.3, -0.25) is 14.4 Å². The second-order valence-corrected chi connectivity index (χ2v) is 7.23. The Hall–Kier alpha value is -2.78. The third kappa shape index (κ3) is 7.76. The van der Waals surface area contributed by atoms with Gasteiger partial charge in [0.25, 0.3) is 5.91 Å². The van der Waals surface area contributed by atoms with Crippen LogP contribution in [-0.2, 0) is 25.3 Å². The summed E-state index contributed by atoms with van der Waals surface area (Å²) < 4.78 is 43.0. The third-order valence-corrected chi connectivity index (χ3v) is 4.68. The number of ether oxygens (including phenoxy) is 1. The molecule has 0 heterocycles. The number of hydrogen-bond donors (Lipinski definition) is 2. The van der Waals surface area contributed by atoms with Crippen molar-refractivity contribution in [1.82, 2.24) is 0 Å². The van der Waals surface area contributed by atoms with Gasteiger partial charge in [0, 0.05) is 17.1 Å². The highest BCUT2D eigenvalue weighted by molar-refractivity contribution is 6.33. The molecule has 2 aromatic carbocycles. The first-order chi connectivity index (χ1) is 14.5. The van der Waals surface area contributed by atoms with Crippen molar-refractivity contribution in [2.75, 3.05) is 17.2 Å². The number of carbonyl (C=O) groups excluding carboxylic acids is 3. The van der Waals surface area contributed by atoms with Gasteiger partial charge in [-0.05, 0) is 42.8 Å². The number of aryl methyl sites for hydroxylation is 1. The minimum Gasteiger partial charge on any atom is -0.456 e. The van der Waals surface area contributed by atoms with Crippen LogP contribution in [0, 0.1) is 6.92 Å². The van der Waals surface area contributed by atoms with Gasteiger partial charge >= 0.3 is 12.1 Å². The predicted molar refractivity (Wildman–Crippen MR) is 110 cm³/mol. The Bertz CT molecular complexity index is 997. The molecule has 0 saturated heterocycles. The van der Waals surface area contributed by atoms with E-state index < -0.39 is 36.1 Å². The monoisotopic (exact) mass is 476 g/mol. The lowest BCUT2D eigenvalue weighted by molar-refractivity contribution is -0.147. The number of halogens is 5. The lowest BCUT2D eigenvalue weighted by Gasteiger charge is -2.12. The molecule has 0 radical (unpaired) electrons. The number of rotatable bonds is 7. The molecule has 0 aliphatic heterocycles. The van der Waals surface area contributed by atoms with Gasteiger partial charge in [-0.25, -0.2) is 0 Å². The molecule has 166 valence electrons. The molecular formula is C20H17Cl2F3N2O4. The van der Waals surface area contributed by atoms with E-state index in [2.05, 4.69) is 10.6 Å². The van der Waals surface area contributed by atoms with Gasteiger partial charge in [0.15, 0.2) is 6.61 Å². The Labute approximate surface area is 185 Å². The molecule has 0 aliphatic rings. The van der Waals surface area contributed by atoms with Crippen molar-refractivity contribution in [2.24, 2.45) is 0 Å². The van der Waals surface area contributed by atoms with Gasteiger partial charge < -0.3 is 15.4 Å². The van der Waals surface area contributed by atoms with E-state index in [1.807, 2.05) is 0 Å². The number of amides is 2. The summed E-state index contributed by atoms with van der Waals surface area (Å²) in [5.74, 6) is -2.17. The summed E-state index contributed by atoms with van der Waals surface area (Å²) in [6, 6.07) is 7.38. The predicted octanol–water partition coefficient (Wildman–Crippen LogP) is 5.22. The fourth-order valence-electron chi connectivity index (χ4n) is 2.31. The van der Waals surface area contributed by atoms with Crippen LogP contribution in [0.25, 0.3) is 0 Å². The molecule has 2 N–H and O–H groups in total. The van der Waals surface area contributed by atoms with Crippen LogP contribution in [0.15, 0.2) is 36.4 Å². The maximum Gasteiger partial charge on any atom is 0.416 e. The summed E-state index contributed by atoms with van der Waals surface area (Å²) in [6.45, 7) is 1.06. The van der Waals surface area contributed by atoms with Crippen LogP contribution in [0.2, 0.25) is 10.0 Å². The van der Waals surface area contributed by atoms with Gasteiger partial charge in [0.1, 0.15) is 0 Å². The zero-order valence-corrected chi connectivity index (χ0v) is 17.6. The van der Waals surface area contributed by atoms with Crippen molar-refractivity contribution < 1.29 is 32.3 Å². The van der Waals surface area contributed by atoms with Gasteiger partial charge in [-0.15, -0.1) is 0 Å². The number of esters is 1. The van der Waals surface area contributed by atoms with E-state index in [0.29, 0.717) is 16.8 Å². The van der Waals surface area contributed by atoms with Crippen LogP contribution in [0.5, 0.6) is 0 Å². The largest absolute Gasteiger partial charge is 0.456 e. The van der Waals surface area contributed by atoms with Crippen LogP contribution >= 0.6 is 23.2 Å². The van der Waals surface area contributed by atoms with E-state index in [4.69, 9.17) is 27.9 Å². The van der Waals surface area contributed by atoms with Crippen LogP contribution in [0.3, 0.4) is 0 Å². The smallest absolute Gasteiger partial charge is 0.416 e. The van der Waals surface area contributed by atoms with Gasteiger partial charge in [-0.1, -0.05) is 29.3 Å². The van der Waals surface area contributed by atoms with Crippen LogP contribution in [-0.4, -0.2) is 24.4 Å². The molecule has 0 bridgehead atoms.